The van der Waals surface area contributed by atoms with Gasteiger partial charge in [0.25, 0.3) is 11.6 Å². The Balaban J connectivity index is 1.42. The summed E-state index contributed by atoms with van der Waals surface area (Å²) in [4.78, 5) is 31.4. The van der Waals surface area contributed by atoms with Crippen molar-refractivity contribution in [1.82, 2.24) is 4.90 Å². The second-order valence-electron chi connectivity index (χ2n) is 6.74. The molecule has 0 aromatic heterocycles. The second kappa shape index (κ2) is 8.37. The van der Waals surface area contributed by atoms with Crippen LogP contribution in [-0.2, 0) is 4.79 Å². The number of anilines is 1. The van der Waals surface area contributed by atoms with Crippen molar-refractivity contribution < 1.29 is 14.8 Å². The number of thioether (sulfide) groups is 1. The molecule has 0 radical (unpaired) electrons. The summed E-state index contributed by atoms with van der Waals surface area (Å²) >= 11 is 7.19. The van der Waals surface area contributed by atoms with Crippen LogP contribution in [0, 0.1) is 10.1 Å². The van der Waals surface area contributed by atoms with E-state index >= 15 is 0 Å². The molecular weight excluding hydrogens is 428 g/mol. The van der Waals surface area contributed by atoms with Gasteiger partial charge in [0, 0.05) is 43.0 Å². The molecule has 2 aliphatic rings. The van der Waals surface area contributed by atoms with Crippen molar-refractivity contribution in [3.8, 4) is 5.75 Å². The van der Waals surface area contributed by atoms with E-state index in [1.165, 1.54) is 30.0 Å². The summed E-state index contributed by atoms with van der Waals surface area (Å²) in [5, 5.41) is 23.8. The zero-order valence-electron chi connectivity index (χ0n) is 15.7. The molecule has 1 fully saturated rings. The average molecular weight is 444 g/mol. The van der Waals surface area contributed by atoms with Crippen molar-refractivity contribution in [3.63, 3.8) is 0 Å². The van der Waals surface area contributed by atoms with Gasteiger partial charge in [-0.15, -0.1) is 0 Å². The molecule has 4 rings (SSSR count). The number of halogens is 1. The van der Waals surface area contributed by atoms with Gasteiger partial charge in [-0.1, -0.05) is 23.7 Å². The predicted molar refractivity (Wildman–Crippen MR) is 116 cm³/mol. The van der Waals surface area contributed by atoms with E-state index in [0.29, 0.717) is 33.7 Å². The number of nitrogens with zero attached hydrogens (tertiary/aromatic N) is 4. The number of piperazine rings is 1. The molecule has 2 aliphatic heterocycles. The number of hydrogen-bond acceptors (Lipinski definition) is 7. The number of amidine groups is 1. The fraction of sp³-hybridized carbons (Fsp3) is 0.200. The number of aliphatic imine (C=N–C) groups is 1. The Morgan fingerprint density at radius 2 is 1.73 bits per heavy atom. The summed E-state index contributed by atoms with van der Waals surface area (Å²) in [6.07, 6.45) is 1.53. The van der Waals surface area contributed by atoms with Crippen molar-refractivity contribution in [2.45, 2.75) is 0 Å². The first kappa shape index (κ1) is 20.2. The number of carbonyl (C=O) groups is 1. The van der Waals surface area contributed by atoms with Gasteiger partial charge in [-0.05, 0) is 53.4 Å². The van der Waals surface area contributed by atoms with E-state index < -0.39 is 16.4 Å². The molecule has 154 valence electrons. The van der Waals surface area contributed by atoms with Crippen LogP contribution in [0.3, 0.4) is 0 Å². The molecule has 0 aliphatic carbocycles. The molecule has 0 unspecified atom stereocenters. The maximum Gasteiger partial charge on any atom is 0.286 e. The standard InChI is InChI=1S/C20H17ClN4O4S/c21-14-2-4-15(5-3-14)23-7-9-24(10-8-23)20-22-19(27)18(30-20)12-13-1-6-17(26)16(11-13)25(28)29/h1-6,11-12,26H,7-10H2/p-1/b18-12+. The van der Waals surface area contributed by atoms with Crippen LogP contribution in [0.25, 0.3) is 6.08 Å². The minimum absolute atomic E-state index is 0.373. The van der Waals surface area contributed by atoms with Crippen molar-refractivity contribution in [1.29, 1.82) is 0 Å². The maximum absolute atomic E-state index is 12.3. The van der Waals surface area contributed by atoms with Crippen LogP contribution < -0.4 is 10.0 Å². The fourth-order valence-electron chi connectivity index (χ4n) is 3.26. The van der Waals surface area contributed by atoms with E-state index in [1.807, 2.05) is 24.3 Å². The predicted octanol–water partition coefficient (Wildman–Crippen LogP) is 3.11. The van der Waals surface area contributed by atoms with Crippen molar-refractivity contribution >= 4 is 51.9 Å². The molecular formula is C20H16ClN4O4S-. The molecule has 0 bridgehead atoms. The van der Waals surface area contributed by atoms with Gasteiger partial charge >= 0.3 is 0 Å². The van der Waals surface area contributed by atoms with Crippen LogP contribution in [0.2, 0.25) is 5.02 Å². The average Bonchev–Trinajstić information content (AvgIpc) is 3.10. The lowest BCUT2D eigenvalue weighted by Crippen LogP contribution is -2.47. The van der Waals surface area contributed by atoms with Crippen LogP contribution in [0.1, 0.15) is 5.56 Å². The topological polar surface area (TPSA) is 102 Å². The van der Waals surface area contributed by atoms with Crippen LogP contribution in [0.15, 0.2) is 52.4 Å². The van der Waals surface area contributed by atoms with Crippen molar-refractivity contribution in [3.05, 3.63) is 68.1 Å². The third-order valence-electron chi connectivity index (χ3n) is 4.83. The Bertz CT molecular complexity index is 1060. The Hall–Kier alpha value is -3.04. The van der Waals surface area contributed by atoms with Gasteiger partial charge in [0.1, 0.15) is 0 Å². The zero-order valence-corrected chi connectivity index (χ0v) is 17.2. The highest BCUT2D eigenvalue weighted by Gasteiger charge is 2.28. The van der Waals surface area contributed by atoms with Gasteiger partial charge in [0.15, 0.2) is 5.17 Å². The zero-order chi connectivity index (χ0) is 21.3. The van der Waals surface area contributed by atoms with Crippen LogP contribution in [-0.4, -0.2) is 47.1 Å². The SMILES string of the molecule is O=C1N=C(N2CCN(c3ccc(Cl)cc3)CC2)S/C1=C/c1ccc([O-])c([N+](=O)[O-])c1. The molecule has 2 aromatic rings. The molecule has 1 amide bonds. The number of benzene rings is 2. The van der Waals surface area contributed by atoms with Gasteiger partial charge in [0.05, 0.1) is 9.83 Å². The van der Waals surface area contributed by atoms with Gasteiger partial charge < -0.3 is 14.9 Å². The highest BCUT2D eigenvalue weighted by Crippen LogP contribution is 2.32. The first-order chi connectivity index (χ1) is 14.4. The van der Waals surface area contributed by atoms with Gasteiger partial charge in [-0.2, -0.15) is 4.99 Å². The van der Waals surface area contributed by atoms with Crippen LogP contribution >= 0.6 is 23.4 Å². The Morgan fingerprint density at radius 3 is 2.40 bits per heavy atom. The second-order valence-corrected chi connectivity index (χ2v) is 8.19. The Kier molecular flexibility index (Phi) is 5.65. The molecule has 1 saturated heterocycles. The van der Waals surface area contributed by atoms with Gasteiger partial charge in [-0.3, -0.25) is 14.9 Å². The van der Waals surface area contributed by atoms with E-state index in [4.69, 9.17) is 11.6 Å². The molecule has 8 nitrogen and oxygen atoms in total. The lowest BCUT2D eigenvalue weighted by Gasteiger charge is -2.36. The number of hydrogen-bond donors (Lipinski definition) is 0. The first-order valence-corrected chi connectivity index (χ1v) is 10.3. The first-order valence-electron chi connectivity index (χ1n) is 9.14. The van der Waals surface area contributed by atoms with E-state index in [0.717, 1.165) is 24.8 Å². The molecule has 0 atom stereocenters. The summed E-state index contributed by atoms with van der Waals surface area (Å²) in [6, 6.07) is 11.4. The summed E-state index contributed by atoms with van der Waals surface area (Å²) in [5.74, 6) is -1.05. The van der Waals surface area contributed by atoms with Crippen LogP contribution in [0.5, 0.6) is 5.75 Å². The maximum atomic E-state index is 12.3. The van der Waals surface area contributed by atoms with E-state index in [-0.39, 0.29) is 5.91 Å². The number of nitro benzene ring substituents is 1. The number of nitro groups is 1. The lowest BCUT2D eigenvalue weighted by molar-refractivity contribution is -0.398. The minimum Gasteiger partial charge on any atom is -0.868 e. The monoisotopic (exact) mass is 443 g/mol. The summed E-state index contributed by atoms with van der Waals surface area (Å²) in [7, 11) is 0. The van der Waals surface area contributed by atoms with E-state index in [2.05, 4.69) is 14.8 Å². The molecule has 2 heterocycles. The minimum atomic E-state index is -0.726. The van der Waals surface area contributed by atoms with Gasteiger partial charge in [0.2, 0.25) is 0 Å². The van der Waals surface area contributed by atoms with Crippen molar-refractivity contribution in [2.75, 3.05) is 31.1 Å². The van der Waals surface area contributed by atoms with Crippen LogP contribution in [0.4, 0.5) is 11.4 Å². The molecule has 30 heavy (non-hydrogen) atoms. The number of carbonyl (C=O) groups excluding carboxylic acids is 1. The lowest BCUT2D eigenvalue weighted by atomic mass is 10.1. The normalized spacial score (nSPS) is 18.1. The highest BCUT2D eigenvalue weighted by molar-refractivity contribution is 8.18. The summed E-state index contributed by atoms with van der Waals surface area (Å²) < 4.78 is 0. The summed E-state index contributed by atoms with van der Waals surface area (Å²) in [6.45, 7) is 2.99. The molecule has 0 spiro atoms. The third kappa shape index (κ3) is 4.27. The number of rotatable bonds is 3. The quantitative estimate of drug-likeness (QED) is 0.408. The fourth-order valence-corrected chi connectivity index (χ4v) is 4.35. The Morgan fingerprint density at radius 1 is 1.07 bits per heavy atom. The van der Waals surface area contributed by atoms with E-state index in [1.54, 1.807) is 0 Å². The largest absolute Gasteiger partial charge is 0.868 e. The third-order valence-corrected chi connectivity index (χ3v) is 6.13. The molecule has 0 N–H and O–H groups in total. The number of amides is 1. The van der Waals surface area contributed by atoms with E-state index in [9.17, 15) is 20.0 Å². The van der Waals surface area contributed by atoms with Gasteiger partial charge in [-0.25, -0.2) is 0 Å². The summed E-state index contributed by atoms with van der Waals surface area (Å²) in [5.41, 5.74) is 1.00. The smallest absolute Gasteiger partial charge is 0.286 e. The molecule has 10 heteroatoms. The Labute approximate surface area is 181 Å². The molecule has 0 saturated carbocycles. The van der Waals surface area contributed by atoms with Crippen molar-refractivity contribution in [2.24, 2.45) is 4.99 Å². The molecule has 2 aromatic carbocycles. The highest BCUT2D eigenvalue weighted by atomic mass is 35.5.